The third-order valence-corrected chi connectivity index (χ3v) is 3.34. The van der Waals surface area contributed by atoms with Crippen molar-refractivity contribution in [1.29, 1.82) is 0 Å². The third-order valence-electron chi connectivity index (χ3n) is 3.34. The van der Waals surface area contributed by atoms with Crippen LogP contribution in [0.2, 0.25) is 0 Å². The van der Waals surface area contributed by atoms with Crippen LogP contribution in [0.15, 0.2) is 0 Å². The molecule has 0 bridgehead atoms. The van der Waals surface area contributed by atoms with Crippen LogP contribution < -0.4 is 5.73 Å². The maximum absolute atomic E-state index is 5.98. The molecule has 0 aromatic carbocycles. The first-order chi connectivity index (χ1) is 7.24. The number of rotatable bonds is 7. The lowest BCUT2D eigenvalue weighted by atomic mass is 9.82. The summed E-state index contributed by atoms with van der Waals surface area (Å²) in [4.78, 5) is 0. The van der Waals surface area contributed by atoms with Crippen molar-refractivity contribution in [3.05, 3.63) is 0 Å². The molecule has 0 amide bonds. The molecule has 0 saturated carbocycles. The first kappa shape index (κ1) is 16.0. The second-order valence-corrected chi connectivity index (χ2v) is 6.96. The van der Waals surface area contributed by atoms with Crippen molar-refractivity contribution in [3.63, 3.8) is 0 Å². The summed E-state index contributed by atoms with van der Waals surface area (Å²) in [6.45, 7) is 13.9. The fraction of sp³-hybridized carbons (Fsp3) is 1.00. The highest BCUT2D eigenvalue weighted by atomic mass is 14.6. The third kappa shape index (κ3) is 9.21. The van der Waals surface area contributed by atoms with Crippen LogP contribution in [0, 0.1) is 17.3 Å². The molecule has 0 aliphatic rings. The largest absolute Gasteiger partial charge is 0.328 e. The highest BCUT2D eigenvalue weighted by molar-refractivity contribution is 4.69. The van der Waals surface area contributed by atoms with Gasteiger partial charge in [-0.25, -0.2) is 0 Å². The smallest absolute Gasteiger partial charge is 0.00387 e. The van der Waals surface area contributed by atoms with Crippen LogP contribution in [0.5, 0.6) is 0 Å². The standard InChI is InChI=1S/C15H33N/c1-7-14(16)10-12(2)8-9-13(3)11-15(4,5)6/h12-14H,7-11,16H2,1-6H3. The minimum Gasteiger partial charge on any atom is -0.328 e. The normalized spacial score (nSPS) is 18.2. The maximum Gasteiger partial charge on any atom is 0.00387 e. The van der Waals surface area contributed by atoms with Crippen molar-refractivity contribution in [3.8, 4) is 0 Å². The molecule has 98 valence electrons. The lowest BCUT2D eigenvalue weighted by molar-refractivity contribution is 0.278. The lowest BCUT2D eigenvalue weighted by Crippen LogP contribution is -2.22. The van der Waals surface area contributed by atoms with Crippen LogP contribution in [-0.4, -0.2) is 6.04 Å². The minimum atomic E-state index is 0.410. The molecule has 0 rings (SSSR count). The van der Waals surface area contributed by atoms with Gasteiger partial charge in [0.1, 0.15) is 0 Å². The molecular weight excluding hydrogens is 194 g/mol. The minimum absolute atomic E-state index is 0.410. The van der Waals surface area contributed by atoms with Gasteiger partial charge in [0.05, 0.1) is 0 Å². The molecule has 0 aliphatic carbocycles. The summed E-state index contributed by atoms with van der Waals surface area (Å²) in [5.41, 5.74) is 6.46. The van der Waals surface area contributed by atoms with Gasteiger partial charge < -0.3 is 5.73 Å². The second kappa shape index (κ2) is 7.32. The van der Waals surface area contributed by atoms with E-state index < -0.39 is 0 Å². The van der Waals surface area contributed by atoms with E-state index in [0.29, 0.717) is 11.5 Å². The summed E-state index contributed by atoms with van der Waals surface area (Å²) >= 11 is 0. The summed E-state index contributed by atoms with van der Waals surface area (Å²) in [7, 11) is 0. The van der Waals surface area contributed by atoms with Crippen molar-refractivity contribution in [2.24, 2.45) is 23.0 Å². The van der Waals surface area contributed by atoms with Gasteiger partial charge in [0.15, 0.2) is 0 Å². The summed E-state index contributed by atoms with van der Waals surface area (Å²) in [6, 6.07) is 0.410. The fourth-order valence-corrected chi connectivity index (χ4v) is 2.52. The Morgan fingerprint density at radius 3 is 1.94 bits per heavy atom. The zero-order valence-electron chi connectivity index (χ0n) is 12.3. The van der Waals surface area contributed by atoms with Crippen LogP contribution in [0.3, 0.4) is 0 Å². The van der Waals surface area contributed by atoms with Gasteiger partial charge in [0.25, 0.3) is 0 Å². The summed E-state index contributed by atoms with van der Waals surface area (Å²) < 4.78 is 0. The molecule has 16 heavy (non-hydrogen) atoms. The second-order valence-electron chi connectivity index (χ2n) is 6.96. The van der Waals surface area contributed by atoms with E-state index in [1.54, 1.807) is 0 Å². The molecular formula is C15H33N. The fourth-order valence-electron chi connectivity index (χ4n) is 2.52. The monoisotopic (exact) mass is 227 g/mol. The Bertz CT molecular complexity index is 169. The van der Waals surface area contributed by atoms with Gasteiger partial charge in [0, 0.05) is 6.04 Å². The quantitative estimate of drug-likeness (QED) is 0.675. The van der Waals surface area contributed by atoms with Crippen LogP contribution in [0.4, 0.5) is 0 Å². The van der Waals surface area contributed by atoms with Crippen LogP contribution in [0.25, 0.3) is 0 Å². The van der Waals surface area contributed by atoms with Gasteiger partial charge >= 0.3 is 0 Å². The van der Waals surface area contributed by atoms with Gasteiger partial charge in [-0.2, -0.15) is 0 Å². The Kier molecular flexibility index (Phi) is 7.30. The Morgan fingerprint density at radius 1 is 1.00 bits per heavy atom. The Balaban J connectivity index is 3.71. The summed E-state index contributed by atoms with van der Waals surface area (Å²) in [6.07, 6.45) is 6.33. The van der Waals surface area contributed by atoms with Gasteiger partial charge in [-0.15, -0.1) is 0 Å². The maximum atomic E-state index is 5.98. The Hall–Kier alpha value is -0.0400. The highest BCUT2D eigenvalue weighted by Gasteiger charge is 2.16. The number of nitrogens with two attached hydrogens (primary N) is 1. The molecule has 0 heterocycles. The van der Waals surface area contributed by atoms with E-state index in [4.69, 9.17) is 5.73 Å². The van der Waals surface area contributed by atoms with E-state index >= 15 is 0 Å². The molecule has 1 heteroatoms. The topological polar surface area (TPSA) is 26.0 Å². The van der Waals surface area contributed by atoms with E-state index in [1.165, 1.54) is 25.7 Å². The van der Waals surface area contributed by atoms with E-state index in [2.05, 4.69) is 41.5 Å². The summed E-state index contributed by atoms with van der Waals surface area (Å²) in [5, 5.41) is 0. The molecule has 0 aliphatic heterocycles. The molecule has 0 fully saturated rings. The highest BCUT2D eigenvalue weighted by Crippen LogP contribution is 2.28. The molecule has 0 spiro atoms. The van der Waals surface area contributed by atoms with E-state index in [1.807, 2.05) is 0 Å². The van der Waals surface area contributed by atoms with Crippen LogP contribution >= 0.6 is 0 Å². The molecule has 2 N–H and O–H groups in total. The van der Waals surface area contributed by atoms with Gasteiger partial charge in [0.2, 0.25) is 0 Å². The molecule has 0 aromatic rings. The van der Waals surface area contributed by atoms with Crippen LogP contribution in [0.1, 0.15) is 73.6 Å². The average Bonchev–Trinajstić information content (AvgIpc) is 2.12. The zero-order chi connectivity index (χ0) is 12.8. The van der Waals surface area contributed by atoms with Gasteiger partial charge in [-0.1, -0.05) is 54.4 Å². The predicted molar refractivity (Wildman–Crippen MR) is 74.5 cm³/mol. The molecule has 3 atom stereocenters. The van der Waals surface area contributed by atoms with Crippen molar-refractivity contribution in [2.75, 3.05) is 0 Å². The Labute approximate surface area is 103 Å². The van der Waals surface area contributed by atoms with Gasteiger partial charge in [-0.05, 0) is 36.5 Å². The van der Waals surface area contributed by atoms with Crippen molar-refractivity contribution >= 4 is 0 Å². The molecule has 1 nitrogen and oxygen atoms in total. The van der Waals surface area contributed by atoms with Crippen molar-refractivity contribution in [1.82, 2.24) is 0 Å². The molecule has 0 aromatic heterocycles. The number of hydrogen-bond donors (Lipinski definition) is 1. The number of hydrogen-bond acceptors (Lipinski definition) is 1. The van der Waals surface area contributed by atoms with E-state index in [-0.39, 0.29) is 0 Å². The van der Waals surface area contributed by atoms with Crippen molar-refractivity contribution < 1.29 is 0 Å². The molecule has 0 radical (unpaired) electrons. The summed E-state index contributed by atoms with van der Waals surface area (Å²) in [5.74, 6) is 1.64. The van der Waals surface area contributed by atoms with E-state index in [9.17, 15) is 0 Å². The van der Waals surface area contributed by atoms with Crippen LogP contribution in [-0.2, 0) is 0 Å². The van der Waals surface area contributed by atoms with Gasteiger partial charge in [-0.3, -0.25) is 0 Å². The van der Waals surface area contributed by atoms with Crippen molar-refractivity contribution in [2.45, 2.75) is 79.7 Å². The SMILES string of the molecule is CCC(N)CC(C)CCC(C)CC(C)(C)C. The van der Waals surface area contributed by atoms with E-state index in [0.717, 1.165) is 18.3 Å². The zero-order valence-corrected chi connectivity index (χ0v) is 12.3. The lowest BCUT2D eigenvalue weighted by Gasteiger charge is -2.24. The first-order valence-electron chi connectivity index (χ1n) is 7.00. The average molecular weight is 227 g/mol. The first-order valence-corrected chi connectivity index (χ1v) is 7.00. The Morgan fingerprint density at radius 2 is 1.50 bits per heavy atom. The molecule has 0 saturated heterocycles. The molecule has 3 unspecified atom stereocenters. The predicted octanol–water partition coefficient (Wildman–Crippen LogP) is 4.60.